The second-order valence-electron chi connectivity index (χ2n) is 4.59. The highest BCUT2D eigenvalue weighted by molar-refractivity contribution is 6.31. The molecule has 2 rings (SSSR count). The first-order chi connectivity index (χ1) is 8.59. The summed E-state index contributed by atoms with van der Waals surface area (Å²) in [5.74, 6) is 0.195. The van der Waals surface area contributed by atoms with Crippen molar-refractivity contribution >= 4 is 17.5 Å². The predicted molar refractivity (Wildman–Crippen MR) is 70.8 cm³/mol. The molecule has 0 bridgehead atoms. The van der Waals surface area contributed by atoms with Crippen LogP contribution in [0.2, 0.25) is 5.02 Å². The Hall–Kier alpha value is -1.07. The Morgan fingerprint density at radius 3 is 2.61 bits per heavy atom. The Morgan fingerprint density at radius 1 is 1.39 bits per heavy atom. The SMILES string of the molecule is Cc1nn(CCC(=O)N2CCNCC2)c(C)c1Cl. The first kappa shape index (κ1) is 13.4. The Kier molecular flexibility index (Phi) is 4.24. The number of hydrogen-bond acceptors (Lipinski definition) is 3. The minimum absolute atomic E-state index is 0.195. The van der Waals surface area contributed by atoms with Gasteiger partial charge < -0.3 is 10.2 Å². The van der Waals surface area contributed by atoms with Gasteiger partial charge in [-0.2, -0.15) is 5.10 Å². The monoisotopic (exact) mass is 270 g/mol. The molecule has 0 saturated carbocycles. The van der Waals surface area contributed by atoms with Crippen LogP contribution in [0.25, 0.3) is 0 Å². The normalized spacial score (nSPS) is 16.1. The van der Waals surface area contributed by atoms with E-state index in [1.54, 1.807) is 0 Å². The van der Waals surface area contributed by atoms with Crippen molar-refractivity contribution in [1.82, 2.24) is 20.0 Å². The van der Waals surface area contributed by atoms with Gasteiger partial charge in [0.05, 0.1) is 23.0 Å². The van der Waals surface area contributed by atoms with Gasteiger partial charge in [-0.05, 0) is 13.8 Å². The average Bonchev–Trinajstić information content (AvgIpc) is 2.64. The van der Waals surface area contributed by atoms with Gasteiger partial charge in [-0.15, -0.1) is 0 Å². The standard InChI is InChI=1S/C12H19ClN4O/c1-9-12(13)10(2)17(15-9)6-3-11(18)16-7-4-14-5-8-16/h14H,3-8H2,1-2H3. The summed E-state index contributed by atoms with van der Waals surface area (Å²) in [7, 11) is 0. The predicted octanol–water partition coefficient (Wildman–Crippen LogP) is 0.975. The molecule has 0 aromatic carbocycles. The Balaban J connectivity index is 1.90. The topological polar surface area (TPSA) is 50.2 Å². The molecule has 0 aliphatic carbocycles. The van der Waals surface area contributed by atoms with Crippen molar-refractivity contribution in [3.8, 4) is 0 Å². The third-order valence-corrected chi connectivity index (χ3v) is 3.85. The molecule has 1 aromatic heterocycles. The maximum atomic E-state index is 12.0. The highest BCUT2D eigenvalue weighted by atomic mass is 35.5. The largest absolute Gasteiger partial charge is 0.340 e. The van der Waals surface area contributed by atoms with E-state index in [-0.39, 0.29) is 5.91 Å². The van der Waals surface area contributed by atoms with Gasteiger partial charge in [0.15, 0.2) is 0 Å². The molecule has 0 unspecified atom stereocenters. The highest BCUT2D eigenvalue weighted by Gasteiger charge is 2.17. The smallest absolute Gasteiger partial charge is 0.224 e. The van der Waals surface area contributed by atoms with Crippen molar-refractivity contribution < 1.29 is 4.79 Å². The van der Waals surface area contributed by atoms with Gasteiger partial charge >= 0.3 is 0 Å². The minimum atomic E-state index is 0.195. The van der Waals surface area contributed by atoms with E-state index in [0.717, 1.165) is 37.6 Å². The fourth-order valence-electron chi connectivity index (χ4n) is 2.17. The van der Waals surface area contributed by atoms with E-state index >= 15 is 0 Å². The van der Waals surface area contributed by atoms with Crippen LogP contribution in [0.15, 0.2) is 0 Å². The molecule has 2 heterocycles. The van der Waals surface area contributed by atoms with Gasteiger partial charge in [0.2, 0.25) is 5.91 Å². The van der Waals surface area contributed by atoms with Crippen LogP contribution in [-0.4, -0.2) is 46.8 Å². The lowest BCUT2D eigenvalue weighted by molar-refractivity contribution is -0.132. The lowest BCUT2D eigenvalue weighted by atomic mass is 10.3. The van der Waals surface area contributed by atoms with Gasteiger partial charge in [-0.3, -0.25) is 9.48 Å². The third-order valence-electron chi connectivity index (χ3n) is 3.30. The number of hydrogen-bond donors (Lipinski definition) is 1. The first-order valence-corrected chi connectivity index (χ1v) is 6.65. The van der Waals surface area contributed by atoms with Crippen LogP contribution in [0.5, 0.6) is 0 Å². The molecule has 0 spiro atoms. The quantitative estimate of drug-likeness (QED) is 0.891. The maximum absolute atomic E-state index is 12.0. The zero-order chi connectivity index (χ0) is 13.1. The number of aryl methyl sites for hydroxylation is 2. The molecule has 100 valence electrons. The van der Waals surface area contributed by atoms with E-state index in [2.05, 4.69) is 10.4 Å². The Bertz CT molecular complexity index is 438. The number of halogens is 1. The molecule has 1 aliphatic heterocycles. The maximum Gasteiger partial charge on any atom is 0.224 e. The van der Waals surface area contributed by atoms with E-state index < -0.39 is 0 Å². The van der Waals surface area contributed by atoms with E-state index in [4.69, 9.17) is 11.6 Å². The van der Waals surface area contributed by atoms with Crippen molar-refractivity contribution in [2.45, 2.75) is 26.8 Å². The molecule has 0 radical (unpaired) electrons. The summed E-state index contributed by atoms with van der Waals surface area (Å²) in [5, 5.41) is 8.26. The molecule has 1 aromatic rings. The summed E-state index contributed by atoms with van der Waals surface area (Å²) >= 11 is 6.08. The van der Waals surface area contributed by atoms with Crippen LogP contribution < -0.4 is 5.32 Å². The summed E-state index contributed by atoms with van der Waals surface area (Å²) in [4.78, 5) is 13.9. The van der Waals surface area contributed by atoms with Crippen LogP contribution in [0.4, 0.5) is 0 Å². The van der Waals surface area contributed by atoms with E-state index in [9.17, 15) is 4.79 Å². The van der Waals surface area contributed by atoms with E-state index in [1.165, 1.54) is 0 Å². The summed E-state index contributed by atoms with van der Waals surface area (Å²) in [6.45, 7) is 7.78. The summed E-state index contributed by atoms with van der Waals surface area (Å²) in [6.07, 6.45) is 0.484. The number of nitrogens with one attached hydrogen (secondary N) is 1. The number of amides is 1. The number of nitrogens with zero attached hydrogens (tertiary/aromatic N) is 3. The van der Waals surface area contributed by atoms with Crippen molar-refractivity contribution in [2.75, 3.05) is 26.2 Å². The first-order valence-electron chi connectivity index (χ1n) is 6.27. The zero-order valence-electron chi connectivity index (χ0n) is 10.9. The van der Waals surface area contributed by atoms with Gasteiger partial charge in [0.1, 0.15) is 0 Å². The summed E-state index contributed by atoms with van der Waals surface area (Å²) in [5.41, 5.74) is 1.76. The molecule has 18 heavy (non-hydrogen) atoms. The number of carbonyl (C=O) groups excluding carboxylic acids is 1. The van der Waals surface area contributed by atoms with Gasteiger partial charge in [-0.1, -0.05) is 11.6 Å². The van der Waals surface area contributed by atoms with Crippen molar-refractivity contribution in [1.29, 1.82) is 0 Å². The van der Waals surface area contributed by atoms with Crippen molar-refractivity contribution in [3.63, 3.8) is 0 Å². The van der Waals surface area contributed by atoms with Crippen LogP contribution in [0.1, 0.15) is 17.8 Å². The number of rotatable bonds is 3. The van der Waals surface area contributed by atoms with Crippen molar-refractivity contribution in [2.24, 2.45) is 0 Å². The molecule has 1 fully saturated rings. The van der Waals surface area contributed by atoms with Crippen LogP contribution >= 0.6 is 11.6 Å². The Labute approximate surface area is 112 Å². The Morgan fingerprint density at radius 2 is 2.06 bits per heavy atom. The molecule has 0 atom stereocenters. The number of carbonyl (C=O) groups is 1. The van der Waals surface area contributed by atoms with Gasteiger partial charge in [0.25, 0.3) is 0 Å². The molecule has 5 nitrogen and oxygen atoms in total. The fourth-order valence-corrected chi connectivity index (χ4v) is 2.30. The van der Waals surface area contributed by atoms with E-state index in [1.807, 2.05) is 23.4 Å². The van der Waals surface area contributed by atoms with Crippen LogP contribution in [0.3, 0.4) is 0 Å². The van der Waals surface area contributed by atoms with Crippen LogP contribution in [-0.2, 0) is 11.3 Å². The second kappa shape index (κ2) is 5.71. The molecular formula is C12H19ClN4O. The molecule has 1 amide bonds. The average molecular weight is 271 g/mol. The molecule has 1 N–H and O–H groups in total. The molecule has 1 aliphatic rings. The summed E-state index contributed by atoms with van der Waals surface area (Å²) < 4.78 is 1.82. The minimum Gasteiger partial charge on any atom is -0.340 e. The number of aromatic nitrogens is 2. The fraction of sp³-hybridized carbons (Fsp3) is 0.667. The van der Waals surface area contributed by atoms with E-state index in [0.29, 0.717) is 18.0 Å². The lowest BCUT2D eigenvalue weighted by Gasteiger charge is -2.27. The second-order valence-corrected chi connectivity index (χ2v) is 4.97. The molecule has 1 saturated heterocycles. The van der Waals surface area contributed by atoms with Crippen molar-refractivity contribution in [3.05, 3.63) is 16.4 Å². The lowest BCUT2D eigenvalue weighted by Crippen LogP contribution is -2.46. The molecule has 6 heteroatoms. The number of piperazine rings is 1. The zero-order valence-corrected chi connectivity index (χ0v) is 11.6. The van der Waals surface area contributed by atoms with Gasteiger partial charge in [0, 0.05) is 32.6 Å². The van der Waals surface area contributed by atoms with Crippen LogP contribution in [0, 0.1) is 13.8 Å². The highest BCUT2D eigenvalue weighted by Crippen LogP contribution is 2.19. The van der Waals surface area contributed by atoms with Gasteiger partial charge in [-0.25, -0.2) is 0 Å². The summed E-state index contributed by atoms with van der Waals surface area (Å²) in [6, 6.07) is 0. The third kappa shape index (κ3) is 2.84. The molecular weight excluding hydrogens is 252 g/mol.